The zero-order valence-corrected chi connectivity index (χ0v) is 17.1. The van der Waals surface area contributed by atoms with E-state index < -0.39 is 0 Å². The largest absolute Gasteiger partial charge is 0.466 e. The van der Waals surface area contributed by atoms with Crippen molar-refractivity contribution in [3.05, 3.63) is 0 Å². The van der Waals surface area contributed by atoms with Crippen LogP contribution >= 0.6 is 0 Å². The summed E-state index contributed by atoms with van der Waals surface area (Å²) < 4.78 is 5.51. The Hall–Kier alpha value is -0.570. The molecule has 7 atom stereocenters. The minimum absolute atomic E-state index is 0.0268. The van der Waals surface area contributed by atoms with Gasteiger partial charge >= 0.3 is 5.97 Å². The molecule has 0 amide bonds. The van der Waals surface area contributed by atoms with Gasteiger partial charge in [-0.05, 0) is 79.4 Å². The molecule has 0 spiro atoms. The van der Waals surface area contributed by atoms with E-state index in [1.54, 1.807) is 0 Å². The molecular weight excluding hydrogens is 312 g/mol. The predicted octanol–water partition coefficient (Wildman–Crippen LogP) is 4.82. The molecule has 3 heteroatoms. The number of carbonyl (C=O) groups excluding carboxylic acids is 1. The molecule has 0 unspecified atom stereocenters. The van der Waals surface area contributed by atoms with E-state index in [4.69, 9.17) is 4.74 Å². The highest BCUT2D eigenvalue weighted by Crippen LogP contribution is 2.69. The molecule has 3 saturated carbocycles. The first-order valence-electron chi connectivity index (χ1n) is 10.4. The Kier molecular flexibility index (Phi) is 4.80. The molecule has 0 bridgehead atoms. The van der Waals surface area contributed by atoms with Gasteiger partial charge in [0.1, 0.15) is 0 Å². The first-order valence-corrected chi connectivity index (χ1v) is 10.4. The van der Waals surface area contributed by atoms with E-state index in [1.165, 1.54) is 6.42 Å². The normalized spacial score (nSPS) is 49.0. The van der Waals surface area contributed by atoms with E-state index in [-0.39, 0.29) is 34.2 Å². The van der Waals surface area contributed by atoms with Crippen molar-refractivity contribution >= 4 is 5.97 Å². The zero-order chi connectivity index (χ0) is 18.6. The number of fused-ring (bicyclic) bond motifs is 3. The molecule has 0 aliphatic heterocycles. The smallest absolute Gasteiger partial charge is 0.309 e. The number of aliphatic hydroxyl groups is 1. The number of carbonyl (C=O) groups is 1. The van der Waals surface area contributed by atoms with Crippen LogP contribution in [-0.4, -0.2) is 23.8 Å². The molecule has 0 saturated heterocycles. The van der Waals surface area contributed by atoms with Crippen LogP contribution in [0.5, 0.6) is 0 Å². The maximum Gasteiger partial charge on any atom is 0.309 e. The number of aliphatic hydroxyl groups excluding tert-OH is 1. The minimum Gasteiger partial charge on any atom is -0.466 e. The van der Waals surface area contributed by atoms with Gasteiger partial charge in [-0.3, -0.25) is 4.79 Å². The lowest BCUT2D eigenvalue weighted by atomic mass is 9.38. The fourth-order valence-corrected chi connectivity index (χ4v) is 7.59. The van der Waals surface area contributed by atoms with E-state index >= 15 is 0 Å². The Morgan fingerprint density at radius 2 is 1.64 bits per heavy atom. The first kappa shape index (κ1) is 19.2. The molecule has 0 aromatic rings. The summed E-state index contributed by atoms with van der Waals surface area (Å²) in [5.74, 6) is 1.55. The SMILES string of the molecule is CCOC(=O)[C@H]1[C@H](C)CC[C@H]2[C@@]1(C)CC[C@H]1C(C)(C)[C@@H](O)CC[C@]21C. The van der Waals surface area contributed by atoms with E-state index in [0.717, 1.165) is 32.1 Å². The third kappa shape index (κ3) is 2.67. The molecule has 0 heterocycles. The molecule has 0 aromatic carbocycles. The van der Waals surface area contributed by atoms with Gasteiger partial charge in [0.05, 0.1) is 18.6 Å². The molecule has 3 aliphatic rings. The number of rotatable bonds is 2. The highest BCUT2D eigenvalue weighted by atomic mass is 16.5. The zero-order valence-electron chi connectivity index (χ0n) is 17.1. The summed E-state index contributed by atoms with van der Waals surface area (Å²) in [6.45, 7) is 14.0. The molecule has 0 radical (unpaired) electrons. The topological polar surface area (TPSA) is 46.5 Å². The van der Waals surface area contributed by atoms with Crippen molar-refractivity contribution in [2.75, 3.05) is 6.61 Å². The van der Waals surface area contributed by atoms with Crippen molar-refractivity contribution in [2.24, 2.45) is 39.9 Å². The van der Waals surface area contributed by atoms with Gasteiger partial charge in [-0.1, -0.05) is 34.6 Å². The lowest BCUT2D eigenvalue weighted by Gasteiger charge is -2.66. The Labute approximate surface area is 153 Å². The van der Waals surface area contributed by atoms with Crippen LogP contribution in [-0.2, 0) is 9.53 Å². The van der Waals surface area contributed by atoms with Gasteiger partial charge in [-0.15, -0.1) is 0 Å². The summed E-state index contributed by atoms with van der Waals surface area (Å²) >= 11 is 0. The van der Waals surface area contributed by atoms with Crippen LogP contribution in [0.25, 0.3) is 0 Å². The van der Waals surface area contributed by atoms with Crippen LogP contribution < -0.4 is 0 Å². The molecular formula is C22H38O3. The maximum absolute atomic E-state index is 12.9. The van der Waals surface area contributed by atoms with E-state index in [0.29, 0.717) is 24.4 Å². The molecule has 3 aliphatic carbocycles. The van der Waals surface area contributed by atoms with Gasteiger partial charge in [0.25, 0.3) is 0 Å². The van der Waals surface area contributed by atoms with E-state index in [9.17, 15) is 9.90 Å². The lowest BCUT2D eigenvalue weighted by Crippen LogP contribution is -2.62. The third-order valence-electron chi connectivity index (χ3n) is 8.80. The quantitative estimate of drug-likeness (QED) is 0.727. The Bertz CT molecular complexity index is 527. The van der Waals surface area contributed by atoms with Crippen LogP contribution in [0, 0.1) is 39.9 Å². The second-order valence-electron chi connectivity index (χ2n) is 10.3. The van der Waals surface area contributed by atoms with Crippen molar-refractivity contribution in [1.82, 2.24) is 0 Å². The standard InChI is InChI=1S/C22H38O3/c1-7-25-19(24)18-14(2)8-9-16-21(5)13-11-17(23)20(3,4)15(21)10-12-22(16,18)6/h14-18,23H,7-13H2,1-6H3/t14-,15+,16-,17+,18-,21+,22-/m1/s1. The number of ether oxygens (including phenoxy) is 1. The van der Waals surface area contributed by atoms with Crippen molar-refractivity contribution in [2.45, 2.75) is 86.2 Å². The van der Waals surface area contributed by atoms with Gasteiger partial charge in [0.2, 0.25) is 0 Å². The molecule has 0 aromatic heterocycles. The van der Waals surface area contributed by atoms with Crippen LogP contribution in [0.3, 0.4) is 0 Å². The molecule has 3 rings (SSSR count). The van der Waals surface area contributed by atoms with Gasteiger partial charge in [0, 0.05) is 0 Å². The summed E-state index contributed by atoms with van der Waals surface area (Å²) in [7, 11) is 0. The predicted molar refractivity (Wildman–Crippen MR) is 100.0 cm³/mol. The van der Waals surface area contributed by atoms with Crippen molar-refractivity contribution in [3.8, 4) is 0 Å². The second-order valence-corrected chi connectivity index (χ2v) is 10.3. The van der Waals surface area contributed by atoms with Crippen LogP contribution in [0.15, 0.2) is 0 Å². The van der Waals surface area contributed by atoms with Crippen molar-refractivity contribution in [1.29, 1.82) is 0 Å². The van der Waals surface area contributed by atoms with Crippen molar-refractivity contribution < 1.29 is 14.6 Å². The van der Waals surface area contributed by atoms with Gasteiger partial charge in [0.15, 0.2) is 0 Å². The van der Waals surface area contributed by atoms with Crippen molar-refractivity contribution in [3.63, 3.8) is 0 Å². The van der Waals surface area contributed by atoms with Gasteiger partial charge in [-0.25, -0.2) is 0 Å². The second kappa shape index (κ2) is 6.25. The maximum atomic E-state index is 12.9. The number of esters is 1. The highest BCUT2D eigenvalue weighted by molar-refractivity contribution is 5.74. The van der Waals surface area contributed by atoms with Gasteiger partial charge < -0.3 is 9.84 Å². The number of hydrogen-bond acceptors (Lipinski definition) is 3. The summed E-state index contributed by atoms with van der Waals surface area (Å²) in [6, 6.07) is 0. The van der Waals surface area contributed by atoms with Gasteiger partial charge in [-0.2, -0.15) is 0 Å². The van der Waals surface area contributed by atoms with E-state index in [1.807, 2.05) is 6.92 Å². The molecule has 25 heavy (non-hydrogen) atoms. The third-order valence-corrected chi connectivity index (χ3v) is 8.80. The Morgan fingerprint density at radius 1 is 1.00 bits per heavy atom. The summed E-state index contributed by atoms with van der Waals surface area (Å²) in [5, 5.41) is 10.6. The number of hydrogen-bond donors (Lipinski definition) is 1. The van der Waals surface area contributed by atoms with Crippen LogP contribution in [0.1, 0.15) is 80.1 Å². The average molecular weight is 351 g/mol. The molecule has 3 fully saturated rings. The summed E-state index contributed by atoms with van der Waals surface area (Å²) in [6.07, 6.45) is 6.33. The summed E-state index contributed by atoms with van der Waals surface area (Å²) in [4.78, 5) is 12.9. The minimum atomic E-state index is -0.196. The molecule has 3 nitrogen and oxygen atoms in total. The first-order chi connectivity index (χ1) is 11.6. The molecule has 144 valence electrons. The Morgan fingerprint density at radius 3 is 2.28 bits per heavy atom. The fourth-order valence-electron chi connectivity index (χ4n) is 7.59. The highest BCUT2D eigenvalue weighted by Gasteiger charge is 2.64. The molecule has 1 N–H and O–H groups in total. The Balaban J connectivity index is 1.98. The monoisotopic (exact) mass is 350 g/mol. The fraction of sp³-hybridized carbons (Fsp3) is 0.955. The van der Waals surface area contributed by atoms with Crippen LogP contribution in [0.2, 0.25) is 0 Å². The summed E-state index contributed by atoms with van der Waals surface area (Å²) in [5.41, 5.74) is 0.227. The lowest BCUT2D eigenvalue weighted by molar-refractivity contribution is -0.207. The van der Waals surface area contributed by atoms with Crippen LogP contribution in [0.4, 0.5) is 0 Å². The van der Waals surface area contributed by atoms with E-state index in [2.05, 4.69) is 34.6 Å². The average Bonchev–Trinajstić information content (AvgIpc) is 2.51.